The van der Waals surface area contributed by atoms with Crippen LogP contribution in [0.4, 0.5) is 10.5 Å². The molecule has 1 unspecified atom stereocenters. The van der Waals surface area contributed by atoms with Crippen molar-refractivity contribution in [3.05, 3.63) is 101 Å². The van der Waals surface area contributed by atoms with Crippen LogP contribution < -0.4 is 5.32 Å². The molecule has 0 aliphatic rings. The summed E-state index contributed by atoms with van der Waals surface area (Å²) < 4.78 is 5.50. The Morgan fingerprint density at radius 3 is 2.23 bits per heavy atom. The van der Waals surface area contributed by atoms with Gasteiger partial charge in [0.1, 0.15) is 11.8 Å². The number of halogens is 1. The molecule has 35 heavy (non-hydrogen) atoms. The van der Waals surface area contributed by atoms with E-state index < -0.39 is 18.2 Å². The number of aromatic nitrogens is 2. The molecular weight excluding hydrogens is 466 g/mol. The van der Waals surface area contributed by atoms with Crippen LogP contribution in [0.2, 0.25) is 5.02 Å². The van der Waals surface area contributed by atoms with Crippen LogP contribution in [0.3, 0.4) is 0 Å². The third kappa shape index (κ3) is 6.02. The van der Waals surface area contributed by atoms with Crippen LogP contribution in [0.5, 0.6) is 0 Å². The summed E-state index contributed by atoms with van der Waals surface area (Å²) in [5, 5.41) is 20.3. The van der Waals surface area contributed by atoms with Crippen LogP contribution in [0, 0.1) is 0 Å². The standard InChI is InChI=1S/C27H22ClN3O4/c1-17(22-4-2-3-5-23(22)28)35-27(34)30-24-14-15-29-31-26(24)21-12-10-20(11-13-21)19-8-6-18(7-9-19)16-25(32)33/h2-15,17H,16H2,1H3,(H,32,33)(H,29,30,34). The normalized spacial score (nSPS) is 11.5. The third-order valence-corrected chi connectivity index (χ3v) is 5.73. The van der Waals surface area contributed by atoms with Gasteiger partial charge in [-0.3, -0.25) is 10.1 Å². The van der Waals surface area contributed by atoms with Crippen LogP contribution in [-0.2, 0) is 16.0 Å². The molecule has 8 heteroatoms. The van der Waals surface area contributed by atoms with Gasteiger partial charge >= 0.3 is 12.1 Å². The largest absolute Gasteiger partial charge is 0.481 e. The van der Waals surface area contributed by atoms with E-state index in [1.54, 1.807) is 37.3 Å². The lowest BCUT2D eigenvalue weighted by atomic mass is 10.0. The average molecular weight is 488 g/mol. The second-order valence-electron chi connectivity index (χ2n) is 7.83. The lowest BCUT2D eigenvalue weighted by molar-refractivity contribution is -0.136. The first-order valence-electron chi connectivity index (χ1n) is 10.9. The molecule has 1 heterocycles. The number of ether oxygens (including phenoxy) is 1. The SMILES string of the molecule is CC(OC(=O)Nc1ccnnc1-c1ccc(-c2ccc(CC(=O)O)cc2)cc1)c1ccccc1Cl. The Kier molecular flexibility index (Phi) is 7.38. The maximum absolute atomic E-state index is 12.6. The Labute approximate surface area is 207 Å². The van der Waals surface area contributed by atoms with Gasteiger partial charge in [-0.25, -0.2) is 4.79 Å². The second-order valence-corrected chi connectivity index (χ2v) is 8.24. The summed E-state index contributed by atoms with van der Waals surface area (Å²) in [5.41, 5.74) is 5.09. The van der Waals surface area contributed by atoms with Crippen molar-refractivity contribution in [3.8, 4) is 22.4 Å². The van der Waals surface area contributed by atoms with Crippen LogP contribution in [0.1, 0.15) is 24.2 Å². The van der Waals surface area contributed by atoms with Crippen molar-refractivity contribution in [2.45, 2.75) is 19.4 Å². The molecule has 176 valence electrons. The second kappa shape index (κ2) is 10.8. The predicted octanol–water partition coefficient (Wildman–Crippen LogP) is 6.40. The number of benzene rings is 3. The highest BCUT2D eigenvalue weighted by Gasteiger charge is 2.17. The first kappa shape index (κ1) is 23.9. The lowest BCUT2D eigenvalue weighted by Gasteiger charge is -2.16. The summed E-state index contributed by atoms with van der Waals surface area (Å²) in [6, 6.07) is 23.8. The summed E-state index contributed by atoms with van der Waals surface area (Å²) in [6.45, 7) is 1.75. The molecule has 7 nitrogen and oxygen atoms in total. The van der Waals surface area contributed by atoms with Crippen molar-refractivity contribution in [3.63, 3.8) is 0 Å². The smallest absolute Gasteiger partial charge is 0.412 e. The highest BCUT2D eigenvalue weighted by Crippen LogP contribution is 2.29. The lowest BCUT2D eigenvalue weighted by Crippen LogP contribution is -2.17. The van der Waals surface area contributed by atoms with Crippen molar-refractivity contribution < 1.29 is 19.4 Å². The first-order chi connectivity index (χ1) is 16.9. The highest BCUT2D eigenvalue weighted by molar-refractivity contribution is 6.31. The molecule has 0 fully saturated rings. The zero-order valence-electron chi connectivity index (χ0n) is 18.8. The number of aliphatic carboxylic acids is 1. The van der Waals surface area contributed by atoms with E-state index in [1.807, 2.05) is 48.5 Å². The minimum Gasteiger partial charge on any atom is -0.481 e. The minimum absolute atomic E-state index is 0.0126. The van der Waals surface area contributed by atoms with E-state index in [9.17, 15) is 9.59 Å². The number of nitrogens with zero attached hydrogens (tertiary/aromatic N) is 2. The molecule has 0 aliphatic heterocycles. The molecule has 0 radical (unpaired) electrons. The zero-order chi connectivity index (χ0) is 24.8. The van der Waals surface area contributed by atoms with Gasteiger partial charge in [0, 0.05) is 16.1 Å². The first-order valence-corrected chi connectivity index (χ1v) is 11.2. The zero-order valence-corrected chi connectivity index (χ0v) is 19.6. The number of amides is 1. The van der Waals surface area contributed by atoms with Gasteiger partial charge in [-0.1, -0.05) is 78.3 Å². The summed E-state index contributed by atoms with van der Waals surface area (Å²) >= 11 is 6.20. The third-order valence-electron chi connectivity index (χ3n) is 5.39. The number of carbonyl (C=O) groups is 2. The van der Waals surface area contributed by atoms with E-state index in [2.05, 4.69) is 15.5 Å². The quantitative estimate of drug-likeness (QED) is 0.312. The highest BCUT2D eigenvalue weighted by atomic mass is 35.5. The Morgan fingerprint density at radius 1 is 0.943 bits per heavy atom. The molecule has 3 aromatic carbocycles. The molecule has 1 aromatic heterocycles. The predicted molar refractivity (Wildman–Crippen MR) is 134 cm³/mol. The van der Waals surface area contributed by atoms with Gasteiger partial charge < -0.3 is 9.84 Å². The maximum atomic E-state index is 12.6. The number of nitrogens with one attached hydrogen (secondary N) is 1. The molecule has 4 rings (SSSR count). The fraction of sp³-hybridized carbons (Fsp3) is 0.111. The number of anilines is 1. The molecule has 0 saturated carbocycles. The van der Waals surface area contributed by atoms with Crippen molar-refractivity contribution >= 4 is 29.4 Å². The topological polar surface area (TPSA) is 101 Å². The Balaban J connectivity index is 1.48. The van der Waals surface area contributed by atoms with Crippen LogP contribution in [-0.4, -0.2) is 27.4 Å². The molecule has 4 aromatic rings. The van der Waals surface area contributed by atoms with Crippen molar-refractivity contribution in [1.82, 2.24) is 10.2 Å². The van der Waals surface area contributed by atoms with E-state index in [4.69, 9.17) is 21.4 Å². The Bertz CT molecular complexity index is 1340. The number of carboxylic acids is 1. The summed E-state index contributed by atoms with van der Waals surface area (Å²) in [6.07, 6.45) is 0.304. The molecule has 0 aliphatic carbocycles. The molecule has 1 amide bonds. The molecule has 1 atom stereocenters. The molecule has 0 bridgehead atoms. The summed E-state index contributed by atoms with van der Waals surface area (Å²) in [5.74, 6) is -0.863. The van der Waals surface area contributed by atoms with Gasteiger partial charge in [-0.05, 0) is 35.7 Å². The van der Waals surface area contributed by atoms with Gasteiger partial charge in [-0.2, -0.15) is 5.10 Å². The van der Waals surface area contributed by atoms with Gasteiger partial charge in [0.05, 0.1) is 18.3 Å². The maximum Gasteiger partial charge on any atom is 0.412 e. The van der Waals surface area contributed by atoms with E-state index in [0.29, 0.717) is 22.0 Å². The van der Waals surface area contributed by atoms with Crippen LogP contribution in [0.15, 0.2) is 85.1 Å². The molecule has 0 spiro atoms. The number of hydrogen-bond donors (Lipinski definition) is 2. The number of carboxylic acid groups (broad SMARTS) is 1. The number of carbonyl (C=O) groups excluding carboxylic acids is 1. The van der Waals surface area contributed by atoms with E-state index in [-0.39, 0.29) is 6.42 Å². The van der Waals surface area contributed by atoms with Crippen molar-refractivity contribution in [2.24, 2.45) is 0 Å². The van der Waals surface area contributed by atoms with Crippen LogP contribution in [0.25, 0.3) is 22.4 Å². The number of hydrogen-bond acceptors (Lipinski definition) is 5. The van der Waals surface area contributed by atoms with E-state index in [0.717, 1.165) is 22.3 Å². The van der Waals surface area contributed by atoms with Crippen molar-refractivity contribution in [1.29, 1.82) is 0 Å². The fourth-order valence-electron chi connectivity index (χ4n) is 3.62. The summed E-state index contributed by atoms with van der Waals surface area (Å²) in [7, 11) is 0. The fourth-order valence-corrected chi connectivity index (χ4v) is 3.91. The minimum atomic E-state index is -0.863. The molecule has 0 saturated heterocycles. The van der Waals surface area contributed by atoms with E-state index >= 15 is 0 Å². The van der Waals surface area contributed by atoms with Crippen molar-refractivity contribution in [2.75, 3.05) is 5.32 Å². The van der Waals surface area contributed by atoms with Gasteiger partial charge in [0.15, 0.2) is 0 Å². The Morgan fingerprint density at radius 2 is 1.57 bits per heavy atom. The molecular formula is C27H22ClN3O4. The van der Waals surface area contributed by atoms with Gasteiger partial charge in [0.25, 0.3) is 0 Å². The molecule has 2 N–H and O–H groups in total. The average Bonchev–Trinajstić information content (AvgIpc) is 2.85. The van der Waals surface area contributed by atoms with Gasteiger partial charge in [-0.15, -0.1) is 5.10 Å². The summed E-state index contributed by atoms with van der Waals surface area (Å²) in [4.78, 5) is 23.4. The van der Waals surface area contributed by atoms with Crippen LogP contribution >= 0.6 is 11.6 Å². The monoisotopic (exact) mass is 487 g/mol. The Hall–Kier alpha value is -4.23. The van der Waals surface area contributed by atoms with Gasteiger partial charge in [0.2, 0.25) is 0 Å². The number of rotatable bonds is 7. The van der Waals surface area contributed by atoms with E-state index in [1.165, 1.54) is 6.20 Å².